The monoisotopic (exact) mass is 1650 g/mol. The summed E-state index contributed by atoms with van der Waals surface area (Å²) in [6, 6.07) is 0. The van der Waals surface area contributed by atoms with Crippen molar-refractivity contribution in [3.8, 4) is 0 Å². The van der Waals surface area contributed by atoms with Crippen molar-refractivity contribution in [1.82, 2.24) is 0 Å². The van der Waals surface area contributed by atoms with Crippen molar-refractivity contribution in [2.45, 2.75) is 534 Å². The topological polar surface area (TPSA) is 237 Å². The van der Waals surface area contributed by atoms with Crippen molar-refractivity contribution in [1.29, 1.82) is 0 Å². The fourth-order valence-corrected chi connectivity index (χ4v) is 16.5. The lowest BCUT2D eigenvalue weighted by molar-refractivity contribution is -0.161. The van der Waals surface area contributed by atoms with E-state index in [2.05, 4.69) is 34.6 Å². The van der Waals surface area contributed by atoms with Gasteiger partial charge in [-0.2, -0.15) is 0 Å². The smallest absolute Gasteiger partial charge is 0.462 e. The minimum Gasteiger partial charge on any atom is -0.462 e. The van der Waals surface area contributed by atoms with Gasteiger partial charge >= 0.3 is 39.5 Å². The van der Waals surface area contributed by atoms with E-state index in [9.17, 15) is 43.2 Å². The summed E-state index contributed by atoms with van der Waals surface area (Å²) in [5, 5.41) is 10.7. The Hall–Kier alpha value is -1.94. The first-order valence-corrected chi connectivity index (χ1v) is 51.6. The van der Waals surface area contributed by atoms with Gasteiger partial charge in [0.15, 0.2) is 12.2 Å². The van der Waals surface area contributed by atoms with Crippen molar-refractivity contribution in [3.63, 3.8) is 0 Å². The van der Waals surface area contributed by atoms with E-state index >= 15 is 0 Å². The summed E-state index contributed by atoms with van der Waals surface area (Å²) >= 11 is 0. The maximum absolute atomic E-state index is 13.2. The van der Waals surface area contributed by atoms with Crippen LogP contribution in [0.2, 0.25) is 0 Å². The van der Waals surface area contributed by atoms with Gasteiger partial charge in [0, 0.05) is 25.7 Å². The third-order valence-electron chi connectivity index (χ3n) is 22.3. The maximum atomic E-state index is 13.2. The first-order valence-electron chi connectivity index (χ1n) is 48.6. The van der Waals surface area contributed by atoms with Crippen molar-refractivity contribution in [2.75, 3.05) is 39.6 Å². The molecule has 0 aromatic carbocycles. The zero-order valence-electron chi connectivity index (χ0n) is 74.5. The summed E-state index contributed by atoms with van der Waals surface area (Å²) in [6.07, 6.45) is 83.7. The highest BCUT2D eigenvalue weighted by molar-refractivity contribution is 7.47. The summed E-state index contributed by atoms with van der Waals surface area (Å²) < 4.78 is 69.2. The highest BCUT2D eigenvalue weighted by Gasteiger charge is 2.31. The molecule has 3 N–H and O–H groups in total. The highest BCUT2D eigenvalue weighted by Crippen LogP contribution is 2.45. The van der Waals surface area contributed by atoms with Crippen LogP contribution in [0.1, 0.15) is 516 Å². The number of esters is 4. The van der Waals surface area contributed by atoms with Gasteiger partial charge in [0.1, 0.15) is 19.3 Å². The molecular weight excluding hydrogens is 1460 g/mol. The molecule has 0 radical (unpaired) electrons. The molecule has 0 aliphatic carbocycles. The van der Waals surface area contributed by atoms with Gasteiger partial charge in [-0.25, -0.2) is 9.13 Å². The predicted molar refractivity (Wildman–Crippen MR) is 469 cm³/mol. The summed E-state index contributed by atoms with van der Waals surface area (Å²) in [7, 11) is -9.94. The third-order valence-corrected chi connectivity index (χ3v) is 24.2. The maximum Gasteiger partial charge on any atom is 0.472 e. The second-order valence-electron chi connectivity index (χ2n) is 34.2. The fourth-order valence-electron chi connectivity index (χ4n) is 14.9. The van der Waals surface area contributed by atoms with Crippen LogP contribution in [-0.2, 0) is 65.4 Å². The average molecular weight is 1650 g/mol. The van der Waals surface area contributed by atoms with Crippen molar-refractivity contribution in [3.05, 3.63) is 0 Å². The number of aliphatic hydroxyl groups excluding tert-OH is 1. The van der Waals surface area contributed by atoms with Gasteiger partial charge in [0.25, 0.3) is 0 Å². The van der Waals surface area contributed by atoms with E-state index in [0.29, 0.717) is 25.7 Å². The summed E-state index contributed by atoms with van der Waals surface area (Å²) in [4.78, 5) is 73.5. The number of carbonyl (C=O) groups excluding carboxylic acids is 4. The number of ether oxygens (including phenoxy) is 4. The Kier molecular flexibility index (Phi) is 85.0. The molecular formula is C94H184O17P2. The Morgan fingerprint density at radius 1 is 0.239 bits per heavy atom. The van der Waals surface area contributed by atoms with Crippen LogP contribution < -0.4 is 0 Å². The molecule has 0 aliphatic heterocycles. The standard InChI is InChI=1S/C94H184O17P2/c1-6-9-12-15-18-21-24-27-30-33-36-39-40-43-46-49-52-55-58-65-70-74-79-93(98)110-89(83-104-91(96)77-72-67-62-56-53-50-47-44-41-37-34-31-28-25-22-19-16-13-10-7-2)85-108-112(100,101)106-81-88(95)82-107-113(102,103)109-86-90(84-105-92(97)78-73-68-63-60-59-61-66-71-76-87(4)5)111-94(99)80-75-69-64-57-54-51-48-45-42-38-35-32-29-26-23-20-17-14-11-8-3/h87-90,95H,6-86H2,1-5H3,(H,100,101)(H,102,103)/t88-,89-,90-/m1/s1. The fraction of sp³-hybridized carbons (Fsp3) is 0.957. The van der Waals surface area contributed by atoms with Crippen molar-refractivity contribution in [2.24, 2.45) is 5.92 Å². The Balaban J connectivity index is 5.22. The molecule has 0 bridgehead atoms. The Bertz CT molecular complexity index is 2140. The molecule has 0 heterocycles. The van der Waals surface area contributed by atoms with Crippen LogP contribution in [0.5, 0.6) is 0 Å². The number of carbonyl (C=O) groups is 4. The van der Waals surface area contributed by atoms with E-state index in [1.165, 1.54) is 340 Å². The molecule has 0 aliphatic rings. The van der Waals surface area contributed by atoms with Crippen LogP contribution in [0.25, 0.3) is 0 Å². The number of phosphoric acid groups is 2. The largest absolute Gasteiger partial charge is 0.472 e. The van der Waals surface area contributed by atoms with Gasteiger partial charge < -0.3 is 33.8 Å². The number of rotatable bonds is 94. The lowest BCUT2D eigenvalue weighted by atomic mass is 10.0. The number of hydrogen-bond acceptors (Lipinski definition) is 15. The summed E-state index contributed by atoms with van der Waals surface area (Å²) in [6.45, 7) is 7.37. The zero-order chi connectivity index (χ0) is 82.6. The van der Waals surface area contributed by atoms with E-state index in [4.69, 9.17) is 37.0 Å². The number of unbranched alkanes of at least 4 members (excludes halogenated alkanes) is 66. The Labute approximate surface area is 696 Å². The lowest BCUT2D eigenvalue weighted by Gasteiger charge is -2.21. The molecule has 17 nitrogen and oxygen atoms in total. The quantitative estimate of drug-likeness (QED) is 0.0222. The number of aliphatic hydroxyl groups is 1. The molecule has 0 fully saturated rings. The number of phosphoric ester groups is 2. The highest BCUT2D eigenvalue weighted by atomic mass is 31.2. The minimum atomic E-state index is -4.97. The van der Waals surface area contributed by atoms with Crippen LogP contribution in [0.3, 0.4) is 0 Å². The zero-order valence-corrected chi connectivity index (χ0v) is 76.3. The van der Waals surface area contributed by atoms with E-state index in [0.717, 1.165) is 95.8 Å². The Morgan fingerprint density at radius 3 is 0.602 bits per heavy atom. The normalized spacial score (nSPS) is 13.6. The van der Waals surface area contributed by atoms with Crippen LogP contribution >= 0.6 is 15.6 Å². The van der Waals surface area contributed by atoms with Gasteiger partial charge in [-0.3, -0.25) is 37.3 Å². The second kappa shape index (κ2) is 86.4. The predicted octanol–water partition coefficient (Wildman–Crippen LogP) is 29.5. The van der Waals surface area contributed by atoms with Gasteiger partial charge in [0.2, 0.25) is 0 Å². The molecule has 0 aromatic rings. The summed E-state index contributed by atoms with van der Waals surface area (Å²) in [5.41, 5.74) is 0. The molecule has 0 aromatic heterocycles. The molecule has 0 amide bonds. The molecule has 672 valence electrons. The molecule has 0 rings (SSSR count). The average Bonchev–Trinajstić information content (AvgIpc) is 0.901. The third kappa shape index (κ3) is 87.7. The molecule has 113 heavy (non-hydrogen) atoms. The first kappa shape index (κ1) is 111. The second-order valence-corrected chi connectivity index (χ2v) is 37.1. The van der Waals surface area contributed by atoms with Crippen LogP contribution in [-0.4, -0.2) is 96.7 Å². The Morgan fingerprint density at radius 2 is 0.407 bits per heavy atom. The van der Waals surface area contributed by atoms with E-state index in [1.54, 1.807) is 0 Å². The summed E-state index contributed by atoms with van der Waals surface area (Å²) in [5.74, 6) is -1.37. The SMILES string of the molecule is CCCCCCCCCCCCCCCCCCCCCCCCC(=O)O[C@H](COC(=O)CCCCCCCCCCCCCCCCCCCCCC)COP(=O)(O)OC[C@@H](O)COP(=O)(O)OC[C@@H](COC(=O)CCCCCCCCCCC(C)C)OC(=O)CCCCCCCCCCCCCCCCCCCCCC. The van der Waals surface area contributed by atoms with E-state index in [1.807, 2.05) is 0 Å². The minimum absolute atomic E-state index is 0.109. The van der Waals surface area contributed by atoms with E-state index in [-0.39, 0.29) is 25.7 Å². The molecule has 5 atom stereocenters. The van der Waals surface area contributed by atoms with Gasteiger partial charge in [-0.1, -0.05) is 465 Å². The molecule has 0 saturated carbocycles. The lowest BCUT2D eigenvalue weighted by Crippen LogP contribution is -2.30. The van der Waals surface area contributed by atoms with Crippen LogP contribution in [0, 0.1) is 5.92 Å². The van der Waals surface area contributed by atoms with Crippen LogP contribution in [0.15, 0.2) is 0 Å². The molecule has 2 unspecified atom stereocenters. The molecule has 0 saturated heterocycles. The molecule has 19 heteroatoms. The van der Waals surface area contributed by atoms with Crippen molar-refractivity contribution >= 4 is 39.5 Å². The van der Waals surface area contributed by atoms with Gasteiger partial charge in [-0.15, -0.1) is 0 Å². The van der Waals surface area contributed by atoms with E-state index < -0.39 is 97.5 Å². The number of hydrogen-bond donors (Lipinski definition) is 3. The van der Waals surface area contributed by atoms with Crippen molar-refractivity contribution < 1.29 is 80.2 Å². The molecule has 0 spiro atoms. The van der Waals surface area contributed by atoms with Crippen LogP contribution in [0.4, 0.5) is 0 Å². The first-order chi connectivity index (χ1) is 55.0. The van der Waals surface area contributed by atoms with Gasteiger partial charge in [-0.05, 0) is 31.6 Å². The van der Waals surface area contributed by atoms with Gasteiger partial charge in [0.05, 0.1) is 26.4 Å².